The van der Waals surface area contributed by atoms with Crippen molar-refractivity contribution in [1.82, 2.24) is 18.2 Å². The number of pyridine rings is 1. The molecule has 9 nitrogen and oxygen atoms in total. The molecule has 3 rings (SSSR count). The normalized spacial score (nSPS) is 11.6. The number of fused-ring (bicyclic) bond motifs is 1. The summed E-state index contributed by atoms with van der Waals surface area (Å²) in [6.07, 6.45) is 0. The Morgan fingerprint density at radius 1 is 1.20 bits per heavy atom. The summed E-state index contributed by atoms with van der Waals surface area (Å²) in [6, 6.07) is 7.82. The van der Waals surface area contributed by atoms with Crippen molar-refractivity contribution in [3.05, 3.63) is 46.6 Å². The van der Waals surface area contributed by atoms with Crippen molar-refractivity contribution in [1.29, 1.82) is 0 Å². The molecule has 0 unspecified atom stereocenters. The minimum atomic E-state index is -4.00. The van der Waals surface area contributed by atoms with Gasteiger partial charge < -0.3 is 10.8 Å². The molecule has 0 amide bonds. The highest BCUT2D eigenvalue weighted by Crippen LogP contribution is 2.30. The zero-order chi connectivity index (χ0) is 22.8. The molecule has 30 heavy (non-hydrogen) atoms. The molecule has 1 aromatic carbocycles. The largest absolute Gasteiger partial charge is 0.478 e. The van der Waals surface area contributed by atoms with Gasteiger partial charge >= 0.3 is 16.2 Å². The summed E-state index contributed by atoms with van der Waals surface area (Å²) in [6.45, 7) is 5.57. The summed E-state index contributed by atoms with van der Waals surface area (Å²) in [5.74, 6) is -1.32. The van der Waals surface area contributed by atoms with E-state index in [4.69, 9.17) is 17.3 Å². The van der Waals surface area contributed by atoms with Crippen LogP contribution in [0.4, 0.5) is 0 Å². The second-order valence-corrected chi connectivity index (χ2v) is 9.45. The number of aromatic nitrogens is 3. The Morgan fingerprint density at radius 2 is 1.80 bits per heavy atom. The van der Waals surface area contributed by atoms with E-state index in [1.165, 1.54) is 38.4 Å². The Morgan fingerprint density at radius 3 is 2.33 bits per heavy atom. The molecule has 2 heterocycles. The van der Waals surface area contributed by atoms with Crippen LogP contribution in [0.25, 0.3) is 22.6 Å². The number of hydrogen-bond donors (Lipinski definition) is 2. The van der Waals surface area contributed by atoms with Gasteiger partial charge in [0.1, 0.15) is 5.69 Å². The number of nitrogens with zero attached hydrogens (tertiary/aromatic N) is 4. The van der Waals surface area contributed by atoms with Gasteiger partial charge in [-0.1, -0.05) is 25.4 Å². The van der Waals surface area contributed by atoms with Gasteiger partial charge in [-0.15, -0.1) is 0 Å². The highest BCUT2D eigenvalue weighted by molar-refractivity contribution is 7.87. The Kier molecular flexibility index (Phi) is 7.19. The number of rotatable bonds is 4. The third kappa shape index (κ3) is 4.96. The van der Waals surface area contributed by atoms with Crippen molar-refractivity contribution < 1.29 is 18.3 Å². The lowest BCUT2D eigenvalue weighted by Gasteiger charge is -2.16. The smallest absolute Gasteiger partial charge is 0.338 e. The van der Waals surface area contributed by atoms with Crippen LogP contribution in [-0.4, -0.2) is 57.9 Å². The lowest BCUT2D eigenvalue weighted by molar-refractivity contribution is 0.0697. The van der Waals surface area contributed by atoms with E-state index in [2.05, 4.69) is 9.97 Å². The van der Waals surface area contributed by atoms with Crippen LogP contribution < -0.4 is 5.73 Å². The maximum absolute atomic E-state index is 12.9. The molecule has 0 fully saturated rings. The number of aromatic carboxylic acids is 1. The van der Waals surface area contributed by atoms with Crippen molar-refractivity contribution >= 4 is 38.8 Å². The van der Waals surface area contributed by atoms with E-state index < -0.39 is 16.2 Å². The number of nitrogens with two attached hydrogens (primary N) is 1. The number of imidazole rings is 1. The van der Waals surface area contributed by atoms with E-state index in [-0.39, 0.29) is 22.6 Å². The van der Waals surface area contributed by atoms with Crippen molar-refractivity contribution in [3.63, 3.8) is 0 Å². The number of benzene rings is 1. The minimum Gasteiger partial charge on any atom is -0.478 e. The number of carbonyl (C=O) groups is 1. The van der Waals surface area contributed by atoms with E-state index in [1.807, 2.05) is 13.8 Å². The summed E-state index contributed by atoms with van der Waals surface area (Å²) in [5.41, 5.74) is 6.06. The molecule has 0 spiro atoms. The number of carboxylic acids is 1. The maximum atomic E-state index is 12.9. The molecule has 3 aromatic rings. The summed E-state index contributed by atoms with van der Waals surface area (Å²) in [7, 11) is -1.24. The second-order valence-electron chi connectivity index (χ2n) is 7.02. The van der Waals surface area contributed by atoms with Gasteiger partial charge in [-0.2, -0.15) is 12.7 Å². The fourth-order valence-corrected chi connectivity index (χ4v) is 3.72. The molecule has 0 bridgehead atoms. The summed E-state index contributed by atoms with van der Waals surface area (Å²) < 4.78 is 27.8. The lowest BCUT2D eigenvalue weighted by atomic mass is 10.1. The van der Waals surface area contributed by atoms with Crippen LogP contribution in [0.1, 0.15) is 29.9 Å². The van der Waals surface area contributed by atoms with Gasteiger partial charge in [0, 0.05) is 24.8 Å². The first-order valence-electron chi connectivity index (χ1n) is 8.94. The van der Waals surface area contributed by atoms with Gasteiger partial charge in [-0.05, 0) is 43.3 Å². The summed E-state index contributed by atoms with van der Waals surface area (Å²) >= 11 is 5.99. The standard InChI is InChI=1S/C16H15ClN4O4S.C3H9N/c1-9-4-6-11(16(22)23)14(18-9)15-19-12-8-10(17)5-7-13(12)21(15)26(24,25)20(2)3;1-3(2)4/h4-8H,1-3H3,(H,22,23);3H,4H2,1-2H3. The average molecular weight is 454 g/mol. The number of hydrogen-bond acceptors (Lipinski definition) is 6. The molecule has 11 heteroatoms. The van der Waals surface area contributed by atoms with Gasteiger partial charge in [0.15, 0.2) is 5.82 Å². The first-order chi connectivity index (χ1) is 13.9. The van der Waals surface area contributed by atoms with Crippen molar-refractivity contribution in [2.45, 2.75) is 26.8 Å². The third-order valence-corrected chi connectivity index (χ3v) is 5.73. The predicted molar refractivity (Wildman–Crippen MR) is 117 cm³/mol. The highest BCUT2D eigenvalue weighted by atomic mass is 35.5. The molecule has 2 aromatic heterocycles. The molecule has 3 N–H and O–H groups in total. The third-order valence-electron chi connectivity index (χ3n) is 3.74. The Labute approximate surface area is 180 Å². The quantitative estimate of drug-likeness (QED) is 0.620. The molecule has 0 radical (unpaired) electrons. The van der Waals surface area contributed by atoms with Gasteiger partial charge in [-0.25, -0.2) is 18.7 Å². The van der Waals surface area contributed by atoms with Crippen molar-refractivity contribution in [3.8, 4) is 11.5 Å². The van der Waals surface area contributed by atoms with Crippen LogP contribution in [0.2, 0.25) is 5.02 Å². The fraction of sp³-hybridized carbons (Fsp3) is 0.316. The average Bonchev–Trinajstić information content (AvgIpc) is 2.99. The monoisotopic (exact) mass is 453 g/mol. The number of aryl methyl sites for hydroxylation is 1. The van der Waals surface area contributed by atoms with Crippen LogP contribution in [-0.2, 0) is 10.2 Å². The highest BCUT2D eigenvalue weighted by Gasteiger charge is 2.28. The minimum absolute atomic E-state index is 0.0322. The van der Waals surface area contributed by atoms with Crippen molar-refractivity contribution in [2.75, 3.05) is 14.1 Å². The van der Waals surface area contributed by atoms with Crippen LogP contribution in [0.5, 0.6) is 0 Å². The van der Waals surface area contributed by atoms with Crippen LogP contribution in [0.15, 0.2) is 30.3 Å². The Bertz CT molecular complexity index is 1190. The summed E-state index contributed by atoms with van der Waals surface area (Å²) in [5, 5.41) is 9.86. The van der Waals surface area contributed by atoms with E-state index in [9.17, 15) is 18.3 Å². The molecular weight excluding hydrogens is 430 g/mol. The van der Waals surface area contributed by atoms with Gasteiger partial charge in [0.2, 0.25) is 0 Å². The fourth-order valence-electron chi connectivity index (χ4n) is 2.48. The van der Waals surface area contributed by atoms with E-state index in [1.54, 1.807) is 13.0 Å². The Hall–Kier alpha value is -2.53. The van der Waals surface area contributed by atoms with Gasteiger partial charge in [0.25, 0.3) is 0 Å². The molecule has 0 aliphatic carbocycles. The van der Waals surface area contributed by atoms with E-state index in [0.717, 1.165) is 8.28 Å². The maximum Gasteiger partial charge on any atom is 0.338 e. The molecular formula is C19H24ClN5O4S. The Balaban J connectivity index is 0.000000735. The SMILES string of the molecule is CC(C)N.Cc1ccc(C(=O)O)c(-c2nc3cc(Cl)ccc3n2S(=O)(=O)N(C)C)n1. The molecule has 0 aliphatic heterocycles. The topological polar surface area (TPSA) is 131 Å². The molecule has 0 saturated carbocycles. The zero-order valence-electron chi connectivity index (χ0n) is 17.3. The predicted octanol–water partition coefficient (Wildman–Crippen LogP) is 2.77. The van der Waals surface area contributed by atoms with Crippen LogP contribution in [0, 0.1) is 6.92 Å². The van der Waals surface area contributed by atoms with Crippen molar-refractivity contribution in [2.24, 2.45) is 5.73 Å². The molecule has 0 atom stereocenters. The van der Waals surface area contributed by atoms with Crippen LogP contribution in [0.3, 0.4) is 0 Å². The van der Waals surface area contributed by atoms with Gasteiger partial charge in [-0.3, -0.25) is 0 Å². The second kappa shape index (κ2) is 9.09. The van der Waals surface area contributed by atoms with Gasteiger partial charge in [0.05, 0.1) is 16.6 Å². The number of carboxylic acid groups (broad SMARTS) is 1. The zero-order valence-corrected chi connectivity index (χ0v) is 18.9. The molecule has 0 saturated heterocycles. The first-order valence-corrected chi connectivity index (χ1v) is 10.7. The van der Waals surface area contributed by atoms with Crippen LogP contribution >= 0.6 is 11.6 Å². The lowest BCUT2D eigenvalue weighted by Crippen LogP contribution is -2.29. The summed E-state index contributed by atoms with van der Waals surface area (Å²) in [4.78, 5) is 20.2. The molecule has 0 aliphatic rings. The van der Waals surface area contributed by atoms with E-state index >= 15 is 0 Å². The van der Waals surface area contributed by atoms with E-state index in [0.29, 0.717) is 22.3 Å². The molecule has 162 valence electrons. The first kappa shape index (κ1) is 23.7. The number of halogens is 1.